The van der Waals surface area contributed by atoms with Crippen LogP contribution in [0.15, 0.2) is 0 Å². The fourth-order valence-electron chi connectivity index (χ4n) is 0.379. The lowest BCUT2D eigenvalue weighted by molar-refractivity contribution is 0.423. The van der Waals surface area contributed by atoms with Gasteiger partial charge in [-0.25, -0.2) is 0 Å². The largest absolute Gasteiger partial charge is 0.785 e. The maximum atomic E-state index is 9.89. The van der Waals surface area contributed by atoms with Gasteiger partial charge in [-0.1, -0.05) is 0 Å². The van der Waals surface area contributed by atoms with Gasteiger partial charge in [0.25, 0.3) is 0 Å². The second-order valence-corrected chi connectivity index (χ2v) is 1.40. The van der Waals surface area contributed by atoms with E-state index in [1.807, 2.05) is 0 Å². The molecule has 0 spiro atoms. The minimum atomic E-state index is 0.333. The summed E-state index contributed by atoms with van der Waals surface area (Å²) in [6, 6.07) is 0. The van der Waals surface area contributed by atoms with Crippen LogP contribution >= 0.6 is 0 Å². The Morgan fingerprint density at radius 1 is 1.67 bits per heavy atom. The van der Waals surface area contributed by atoms with E-state index in [4.69, 9.17) is 5.41 Å². The molecule has 1 aliphatic rings. The highest BCUT2D eigenvalue weighted by Crippen LogP contribution is 1.96. The lowest BCUT2D eigenvalue weighted by Crippen LogP contribution is -2.42. The normalized spacial score (nSPS) is 23.8. The first-order valence-corrected chi connectivity index (χ1v) is 1.77. The van der Waals surface area contributed by atoms with Gasteiger partial charge in [0.1, 0.15) is 0 Å². The standard InChI is InChI=1S/C3H5N2O/c4-3-1-5(6)2-3/h4H,1-2H2/q-1. The topological polar surface area (TPSA) is 50.2 Å². The summed E-state index contributed by atoms with van der Waals surface area (Å²) in [5.41, 5.74) is 0.546. The molecule has 0 aliphatic carbocycles. The summed E-state index contributed by atoms with van der Waals surface area (Å²) in [4.78, 5) is 0. The molecule has 0 amide bonds. The Labute approximate surface area is 35.7 Å². The molecular formula is C3H5N2O-. The molecule has 0 saturated carbocycles. The van der Waals surface area contributed by atoms with Gasteiger partial charge in [0, 0.05) is 18.8 Å². The van der Waals surface area contributed by atoms with Gasteiger partial charge >= 0.3 is 0 Å². The molecule has 1 saturated heterocycles. The molecule has 0 aromatic rings. The van der Waals surface area contributed by atoms with E-state index in [-0.39, 0.29) is 0 Å². The lowest BCUT2D eigenvalue weighted by atomic mass is 10.2. The Kier molecular flexibility index (Phi) is 0.645. The Bertz CT molecular complexity index is 72.9. The molecule has 0 unspecified atom stereocenters. The van der Waals surface area contributed by atoms with Gasteiger partial charge in [-0.05, 0) is 0 Å². The van der Waals surface area contributed by atoms with E-state index in [9.17, 15) is 5.21 Å². The highest BCUT2D eigenvalue weighted by molar-refractivity contribution is 5.90. The van der Waals surface area contributed by atoms with E-state index < -0.39 is 0 Å². The van der Waals surface area contributed by atoms with Crippen LogP contribution in [0.5, 0.6) is 0 Å². The maximum Gasteiger partial charge on any atom is 0.0351 e. The molecule has 1 N–H and O–H groups in total. The predicted molar refractivity (Wildman–Crippen MR) is 22.7 cm³/mol. The van der Waals surface area contributed by atoms with Crippen LogP contribution in [0.2, 0.25) is 0 Å². The molecule has 1 rings (SSSR count). The van der Waals surface area contributed by atoms with Crippen LogP contribution in [0.3, 0.4) is 0 Å². The van der Waals surface area contributed by atoms with E-state index in [2.05, 4.69) is 0 Å². The average molecular weight is 85.1 g/mol. The molecular weight excluding hydrogens is 80.0 g/mol. The zero-order chi connectivity index (χ0) is 4.57. The van der Waals surface area contributed by atoms with Crippen LogP contribution in [0.4, 0.5) is 0 Å². The summed E-state index contributed by atoms with van der Waals surface area (Å²) >= 11 is 0. The first kappa shape index (κ1) is 3.77. The average Bonchev–Trinajstić information content (AvgIpc) is 1.33. The summed E-state index contributed by atoms with van der Waals surface area (Å²) in [7, 11) is 0. The minimum absolute atomic E-state index is 0.333. The van der Waals surface area contributed by atoms with Gasteiger partial charge in [0.15, 0.2) is 0 Å². The van der Waals surface area contributed by atoms with Crippen molar-refractivity contribution in [1.82, 2.24) is 5.06 Å². The number of hydroxylamine groups is 2. The summed E-state index contributed by atoms with van der Waals surface area (Å²) in [5, 5.41) is 17.5. The third-order valence-electron chi connectivity index (χ3n) is 0.734. The van der Waals surface area contributed by atoms with Gasteiger partial charge in [-0.15, -0.1) is 0 Å². The Balaban J connectivity index is 2.28. The van der Waals surface area contributed by atoms with E-state index >= 15 is 0 Å². The molecule has 0 atom stereocenters. The van der Waals surface area contributed by atoms with E-state index in [1.165, 1.54) is 0 Å². The maximum absolute atomic E-state index is 9.89. The molecule has 3 heteroatoms. The van der Waals surface area contributed by atoms with Crippen molar-refractivity contribution < 1.29 is 0 Å². The highest BCUT2D eigenvalue weighted by atomic mass is 16.5. The number of nitrogens with one attached hydrogen (secondary N) is 1. The van der Waals surface area contributed by atoms with Crippen molar-refractivity contribution in [2.45, 2.75) is 0 Å². The lowest BCUT2D eigenvalue weighted by Gasteiger charge is -2.37. The smallest absolute Gasteiger partial charge is 0.0351 e. The fraction of sp³-hybridized carbons (Fsp3) is 0.667. The summed E-state index contributed by atoms with van der Waals surface area (Å²) in [6.07, 6.45) is 0. The highest BCUT2D eigenvalue weighted by Gasteiger charge is 2.07. The number of nitrogens with zero attached hydrogens (tertiary/aromatic N) is 1. The Morgan fingerprint density at radius 3 is 2.17 bits per heavy atom. The molecule has 1 aliphatic heterocycles. The SMILES string of the molecule is N=C1CN([O-])C1. The second kappa shape index (κ2) is 1.03. The van der Waals surface area contributed by atoms with Crippen molar-refractivity contribution in [3.05, 3.63) is 5.21 Å². The number of rotatable bonds is 0. The van der Waals surface area contributed by atoms with Gasteiger partial charge < -0.3 is 15.7 Å². The van der Waals surface area contributed by atoms with E-state index in [0.29, 0.717) is 18.8 Å². The molecule has 1 heterocycles. The fourth-order valence-corrected chi connectivity index (χ4v) is 0.379. The van der Waals surface area contributed by atoms with Crippen molar-refractivity contribution >= 4 is 5.71 Å². The summed E-state index contributed by atoms with van der Waals surface area (Å²) in [6.45, 7) is 0.667. The summed E-state index contributed by atoms with van der Waals surface area (Å²) in [5.74, 6) is 0. The van der Waals surface area contributed by atoms with Crippen LogP contribution in [0, 0.1) is 10.6 Å². The molecule has 3 nitrogen and oxygen atoms in total. The zero-order valence-corrected chi connectivity index (χ0v) is 3.27. The van der Waals surface area contributed by atoms with Crippen LogP contribution < -0.4 is 0 Å². The molecule has 34 valence electrons. The van der Waals surface area contributed by atoms with Crippen molar-refractivity contribution in [2.75, 3.05) is 13.1 Å². The van der Waals surface area contributed by atoms with Gasteiger partial charge in [-0.2, -0.15) is 0 Å². The zero-order valence-electron chi connectivity index (χ0n) is 3.27. The monoisotopic (exact) mass is 85.0 g/mol. The quantitative estimate of drug-likeness (QED) is 0.443. The number of hydrogen-bond acceptors (Lipinski definition) is 3. The van der Waals surface area contributed by atoms with Gasteiger partial charge in [0.2, 0.25) is 0 Å². The predicted octanol–water partition coefficient (Wildman–Crippen LogP) is -0.180. The third kappa shape index (κ3) is 0.418. The molecule has 6 heavy (non-hydrogen) atoms. The molecule has 0 aromatic heterocycles. The molecule has 1 fully saturated rings. The first-order chi connectivity index (χ1) is 2.79. The van der Waals surface area contributed by atoms with Crippen LogP contribution in [-0.4, -0.2) is 23.9 Å². The Morgan fingerprint density at radius 2 is 2.17 bits per heavy atom. The van der Waals surface area contributed by atoms with Crippen LogP contribution in [-0.2, 0) is 0 Å². The van der Waals surface area contributed by atoms with Crippen molar-refractivity contribution in [2.24, 2.45) is 0 Å². The van der Waals surface area contributed by atoms with Gasteiger partial charge in [0.05, 0.1) is 0 Å². The Hall–Kier alpha value is -0.410. The van der Waals surface area contributed by atoms with Crippen molar-refractivity contribution in [1.29, 1.82) is 5.41 Å². The van der Waals surface area contributed by atoms with Crippen LogP contribution in [0.1, 0.15) is 0 Å². The van der Waals surface area contributed by atoms with Crippen molar-refractivity contribution in [3.8, 4) is 0 Å². The van der Waals surface area contributed by atoms with Gasteiger partial charge in [-0.3, -0.25) is 0 Å². The molecule has 0 aromatic carbocycles. The van der Waals surface area contributed by atoms with E-state index in [1.54, 1.807) is 0 Å². The minimum Gasteiger partial charge on any atom is -0.785 e. The summed E-state index contributed by atoms with van der Waals surface area (Å²) < 4.78 is 0. The van der Waals surface area contributed by atoms with Crippen molar-refractivity contribution in [3.63, 3.8) is 0 Å². The van der Waals surface area contributed by atoms with Crippen LogP contribution in [0.25, 0.3) is 0 Å². The molecule has 0 radical (unpaired) electrons. The van der Waals surface area contributed by atoms with E-state index in [0.717, 1.165) is 5.06 Å². The first-order valence-electron chi connectivity index (χ1n) is 1.77. The molecule has 0 bridgehead atoms. The third-order valence-corrected chi connectivity index (χ3v) is 0.734. The second-order valence-electron chi connectivity index (χ2n) is 1.40. The number of hydrogen-bond donors (Lipinski definition) is 1.